The molecule has 0 fully saturated rings. The Morgan fingerprint density at radius 1 is 1.32 bits per heavy atom. The van der Waals surface area contributed by atoms with Crippen LogP contribution in [0.5, 0.6) is 5.75 Å². The molecule has 1 N–H and O–H groups in total. The molecule has 0 aliphatic heterocycles. The van der Waals surface area contributed by atoms with E-state index in [9.17, 15) is 4.39 Å². The van der Waals surface area contributed by atoms with Gasteiger partial charge in [0.2, 0.25) is 0 Å². The molecule has 0 saturated heterocycles. The van der Waals surface area contributed by atoms with Crippen LogP contribution in [0.15, 0.2) is 47.8 Å². The van der Waals surface area contributed by atoms with E-state index < -0.39 is 0 Å². The number of hydrogen-bond acceptors (Lipinski definition) is 4. The zero-order valence-electron chi connectivity index (χ0n) is 10.5. The number of ether oxygens (including phenoxy) is 1. The second-order valence-electron chi connectivity index (χ2n) is 3.83. The van der Waals surface area contributed by atoms with Crippen LogP contribution < -0.4 is 10.2 Å². The standard InChI is InChI=1S/C14H14FN3O/c1-19-14-3-2-11(10-13(14)15)4-9-17-18-12-5-7-16-8-6-12/h2-3,5-10H,4H2,1H3,(H,16,18)/b17-9+. The van der Waals surface area contributed by atoms with Crippen molar-refractivity contribution in [3.63, 3.8) is 0 Å². The zero-order chi connectivity index (χ0) is 13.5. The summed E-state index contributed by atoms with van der Waals surface area (Å²) in [5.74, 6) is -0.119. The molecular formula is C14H14FN3O. The van der Waals surface area contributed by atoms with Gasteiger partial charge in [-0.1, -0.05) is 6.07 Å². The lowest BCUT2D eigenvalue weighted by Crippen LogP contribution is -1.94. The third-order valence-corrected chi connectivity index (χ3v) is 2.51. The van der Waals surface area contributed by atoms with Gasteiger partial charge < -0.3 is 4.74 Å². The van der Waals surface area contributed by atoms with E-state index >= 15 is 0 Å². The van der Waals surface area contributed by atoms with Gasteiger partial charge in [0.25, 0.3) is 0 Å². The van der Waals surface area contributed by atoms with Crippen LogP contribution in [0.25, 0.3) is 0 Å². The summed E-state index contributed by atoms with van der Waals surface area (Å²) in [5.41, 5.74) is 4.55. The quantitative estimate of drug-likeness (QED) is 0.663. The molecule has 4 nitrogen and oxygen atoms in total. The molecule has 0 atom stereocenters. The normalized spacial score (nSPS) is 10.6. The third kappa shape index (κ3) is 3.77. The maximum Gasteiger partial charge on any atom is 0.165 e. The summed E-state index contributed by atoms with van der Waals surface area (Å²) in [5, 5.41) is 4.05. The molecule has 1 aromatic heterocycles. The average molecular weight is 259 g/mol. The summed E-state index contributed by atoms with van der Waals surface area (Å²) < 4.78 is 18.3. The molecule has 5 heteroatoms. The highest BCUT2D eigenvalue weighted by Crippen LogP contribution is 2.17. The van der Waals surface area contributed by atoms with Crippen molar-refractivity contribution >= 4 is 11.9 Å². The van der Waals surface area contributed by atoms with Gasteiger partial charge in [0.15, 0.2) is 11.6 Å². The summed E-state index contributed by atoms with van der Waals surface area (Å²) in [6.07, 6.45) is 5.58. The summed E-state index contributed by atoms with van der Waals surface area (Å²) in [6.45, 7) is 0. The Hall–Kier alpha value is -2.43. The molecule has 98 valence electrons. The van der Waals surface area contributed by atoms with Gasteiger partial charge in [-0.3, -0.25) is 10.4 Å². The molecule has 0 aliphatic carbocycles. The Balaban J connectivity index is 1.90. The lowest BCUT2D eigenvalue weighted by Gasteiger charge is -2.03. The van der Waals surface area contributed by atoms with Crippen molar-refractivity contribution in [1.29, 1.82) is 0 Å². The number of hydrogen-bond donors (Lipinski definition) is 1. The molecule has 0 amide bonds. The smallest absolute Gasteiger partial charge is 0.165 e. The van der Waals surface area contributed by atoms with E-state index in [1.54, 1.807) is 30.7 Å². The summed E-state index contributed by atoms with van der Waals surface area (Å²) in [4.78, 5) is 3.90. The molecule has 2 aromatic rings. The van der Waals surface area contributed by atoms with Crippen LogP contribution in [0, 0.1) is 5.82 Å². The minimum atomic E-state index is -0.365. The fourth-order valence-electron chi connectivity index (χ4n) is 1.53. The number of benzene rings is 1. The monoisotopic (exact) mass is 259 g/mol. The van der Waals surface area contributed by atoms with Gasteiger partial charge in [0.1, 0.15) is 0 Å². The molecule has 1 aromatic carbocycles. The zero-order valence-corrected chi connectivity index (χ0v) is 10.5. The van der Waals surface area contributed by atoms with Crippen molar-refractivity contribution < 1.29 is 9.13 Å². The third-order valence-electron chi connectivity index (χ3n) is 2.51. The molecule has 2 rings (SSSR count). The van der Waals surface area contributed by atoms with Gasteiger partial charge >= 0.3 is 0 Å². The van der Waals surface area contributed by atoms with Crippen LogP contribution in [0.3, 0.4) is 0 Å². The first-order chi connectivity index (χ1) is 9.29. The number of pyridine rings is 1. The number of nitrogens with one attached hydrogen (secondary N) is 1. The summed E-state index contributed by atoms with van der Waals surface area (Å²) in [7, 11) is 1.44. The first kappa shape index (κ1) is 13.0. The highest BCUT2D eigenvalue weighted by atomic mass is 19.1. The number of hydrazone groups is 1. The maximum absolute atomic E-state index is 13.4. The van der Waals surface area contributed by atoms with Crippen molar-refractivity contribution in [3.8, 4) is 5.75 Å². The van der Waals surface area contributed by atoms with Gasteiger partial charge in [-0.2, -0.15) is 5.10 Å². The Kier molecular flexibility index (Phi) is 4.44. The molecule has 0 aliphatic rings. The Morgan fingerprint density at radius 3 is 2.79 bits per heavy atom. The van der Waals surface area contributed by atoms with E-state index in [0.717, 1.165) is 11.3 Å². The lowest BCUT2D eigenvalue weighted by atomic mass is 10.1. The first-order valence-electron chi connectivity index (χ1n) is 5.79. The highest BCUT2D eigenvalue weighted by Gasteiger charge is 2.02. The fraction of sp³-hybridized carbons (Fsp3) is 0.143. The van der Waals surface area contributed by atoms with Crippen LogP contribution in [-0.4, -0.2) is 18.3 Å². The van der Waals surface area contributed by atoms with Crippen molar-refractivity contribution in [3.05, 3.63) is 54.1 Å². The maximum atomic E-state index is 13.4. The van der Waals surface area contributed by atoms with Gasteiger partial charge in [0.05, 0.1) is 12.8 Å². The largest absolute Gasteiger partial charge is 0.494 e. The van der Waals surface area contributed by atoms with Crippen molar-refractivity contribution in [1.82, 2.24) is 4.98 Å². The number of halogens is 1. The predicted molar refractivity (Wildman–Crippen MR) is 73.0 cm³/mol. The van der Waals surface area contributed by atoms with Crippen LogP contribution in [0.2, 0.25) is 0 Å². The van der Waals surface area contributed by atoms with Crippen LogP contribution in [0.4, 0.5) is 10.1 Å². The molecule has 19 heavy (non-hydrogen) atoms. The van der Waals surface area contributed by atoms with E-state index in [-0.39, 0.29) is 11.6 Å². The van der Waals surface area contributed by atoms with Gasteiger partial charge in [-0.15, -0.1) is 0 Å². The predicted octanol–water partition coefficient (Wildman–Crippen LogP) is 2.87. The Labute approximate surface area is 110 Å². The van der Waals surface area contributed by atoms with Gasteiger partial charge in [-0.25, -0.2) is 4.39 Å². The van der Waals surface area contributed by atoms with Gasteiger partial charge in [-0.05, 0) is 29.8 Å². The highest BCUT2D eigenvalue weighted by molar-refractivity contribution is 5.63. The lowest BCUT2D eigenvalue weighted by molar-refractivity contribution is 0.386. The number of aromatic nitrogens is 1. The minimum absolute atomic E-state index is 0.246. The molecule has 0 radical (unpaired) electrons. The van der Waals surface area contributed by atoms with E-state index in [4.69, 9.17) is 4.74 Å². The Bertz CT molecular complexity index is 558. The molecular weight excluding hydrogens is 245 g/mol. The second kappa shape index (κ2) is 6.49. The van der Waals surface area contributed by atoms with Gasteiger partial charge in [0, 0.05) is 25.0 Å². The van der Waals surface area contributed by atoms with E-state index in [0.29, 0.717) is 6.42 Å². The minimum Gasteiger partial charge on any atom is -0.494 e. The summed E-state index contributed by atoms with van der Waals surface area (Å²) >= 11 is 0. The second-order valence-corrected chi connectivity index (χ2v) is 3.83. The van der Waals surface area contributed by atoms with Crippen LogP contribution >= 0.6 is 0 Å². The van der Waals surface area contributed by atoms with Crippen molar-refractivity contribution in [2.45, 2.75) is 6.42 Å². The van der Waals surface area contributed by atoms with Crippen molar-refractivity contribution in [2.75, 3.05) is 12.5 Å². The number of anilines is 1. The van der Waals surface area contributed by atoms with Crippen LogP contribution in [-0.2, 0) is 6.42 Å². The fourth-order valence-corrected chi connectivity index (χ4v) is 1.53. The van der Waals surface area contributed by atoms with E-state index in [1.807, 2.05) is 12.1 Å². The topological polar surface area (TPSA) is 46.5 Å². The average Bonchev–Trinajstić information content (AvgIpc) is 2.45. The van der Waals surface area contributed by atoms with E-state index in [2.05, 4.69) is 15.5 Å². The molecule has 0 spiro atoms. The number of rotatable bonds is 5. The SMILES string of the molecule is COc1ccc(C/C=N/Nc2ccncc2)cc1F. The van der Waals surface area contributed by atoms with Crippen LogP contribution in [0.1, 0.15) is 5.56 Å². The molecule has 1 heterocycles. The molecule has 0 saturated carbocycles. The Morgan fingerprint density at radius 2 is 2.11 bits per heavy atom. The molecule has 0 bridgehead atoms. The van der Waals surface area contributed by atoms with Crippen molar-refractivity contribution in [2.24, 2.45) is 5.10 Å². The molecule has 0 unspecified atom stereocenters. The number of methoxy groups -OCH3 is 1. The first-order valence-corrected chi connectivity index (χ1v) is 5.79. The van der Waals surface area contributed by atoms with E-state index in [1.165, 1.54) is 13.2 Å². The number of nitrogens with zero attached hydrogens (tertiary/aromatic N) is 2. The summed E-state index contributed by atoms with van der Waals surface area (Å²) in [6, 6.07) is 8.47.